The van der Waals surface area contributed by atoms with Crippen molar-refractivity contribution in [2.24, 2.45) is 0 Å². The largest absolute Gasteiger partial charge is 0.322 e. The first-order chi connectivity index (χ1) is 10.1. The zero-order valence-corrected chi connectivity index (χ0v) is 11.2. The zero-order valence-electron chi connectivity index (χ0n) is 11.2. The summed E-state index contributed by atoms with van der Waals surface area (Å²) >= 11 is 0. The Morgan fingerprint density at radius 2 is 2.05 bits per heavy atom. The van der Waals surface area contributed by atoms with Crippen molar-refractivity contribution in [1.29, 1.82) is 0 Å². The van der Waals surface area contributed by atoms with Gasteiger partial charge in [-0.3, -0.25) is 4.79 Å². The van der Waals surface area contributed by atoms with Gasteiger partial charge in [-0.1, -0.05) is 12.1 Å². The second-order valence-electron chi connectivity index (χ2n) is 4.95. The highest BCUT2D eigenvalue weighted by Crippen LogP contribution is 2.24. The van der Waals surface area contributed by atoms with Gasteiger partial charge in [0.05, 0.1) is 5.56 Å². The third kappa shape index (κ3) is 2.78. The molecule has 0 radical (unpaired) electrons. The molecule has 0 fully saturated rings. The summed E-state index contributed by atoms with van der Waals surface area (Å²) in [5.41, 5.74) is 2.71. The number of hydrogen-bond acceptors (Lipinski definition) is 2. The molecule has 1 heterocycles. The second-order valence-corrected chi connectivity index (χ2v) is 4.95. The molecule has 0 aliphatic carbocycles. The molecule has 2 N–H and O–H groups in total. The van der Waals surface area contributed by atoms with Crippen LogP contribution in [0.25, 0.3) is 0 Å². The Hall–Kier alpha value is -2.27. The summed E-state index contributed by atoms with van der Waals surface area (Å²) in [7, 11) is 0. The van der Waals surface area contributed by atoms with E-state index in [1.807, 2.05) is 12.1 Å². The number of anilines is 1. The number of benzene rings is 2. The molecule has 0 aromatic heterocycles. The van der Waals surface area contributed by atoms with Crippen LogP contribution in [0.2, 0.25) is 0 Å². The maximum absolute atomic E-state index is 13.6. The Labute approximate surface area is 121 Å². The number of carbonyl (C=O) groups is 1. The molecule has 0 saturated carbocycles. The van der Waals surface area contributed by atoms with Crippen LogP contribution in [0, 0.1) is 11.6 Å². The zero-order chi connectivity index (χ0) is 14.8. The summed E-state index contributed by atoms with van der Waals surface area (Å²) in [4.78, 5) is 12.1. The molecular formula is C16H14F2N2O. The standard InChI is InChI=1S/C16H14F2N2O/c17-11-4-5-13(14(18)8-11)16(21)20-15-3-1-2-10-9-19-7-6-12(10)15/h1-5,8,19H,6-7,9H2,(H,20,21). The van der Waals surface area contributed by atoms with Crippen molar-refractivity contribution >= 4 is 11.6 Å². The van der Waals surface area contributed by atoms with E-state index in [4.69, 9.17) is 0 Å². The van der Waals surface area contributed by atoms with Gasteiger partial charge in [0.25, 0.3) is 5.91 Å². The van der Waals surface area contributed by atoms with Gasteiger partial charge >= 0.3 is 0 Å². The molecule has 0 bridgehead atoms. The molecule has 21 heavy (non-hydrogen) atoms. The van der Waals surface area contributed by atoms with Crippen LogP contribution in [0.15, 0.2) is 36.4 Å². The lowest BCUT2D eigenvalue weighted by Gasteiger charge is -2.20. The summed E-state index contributed by atoms with van der Waals surface area (Å²) < 4.78 is 26.5. The maximum atomic E-state index is 13.6. The summed E-state index contributed by atoms with van der Waals surface area (Å²) in [6.07, 6.45) is 0.803. The van der Waals surface area contributed by atoms with E-state index < -0.39 is 17.5 Å². The van der Waals surface area contributed by atoms with Gasteiger partial charge in [-0.05, 0) is 42.3 Å². The van der Waals surface area contributed by atoms with Crippen LogP contribution in [0.4, 0.5) is 14.5 Å². The molecule has 0 saturated heterocycles. The third-order valence-corrected chi connectivity index (χ3v) is 3.56. The Bertz CT molecular complexity index is 701. The monoisotopic (exact) mass is 288 g/mol. The number of amides is 1. The van der Waals surface area contributed by atoms with Gasteiger partial charge in [0, 0.05) is 18.3 Å². The van der Waals surface area contributed by atoms with E-state index in [0.717, 1.165) is 42.8 Å². The van der Waals surface area contributed by atoms with Crippen LogP contribution in [0.3, 0.4) is 0 Å². The number of rotatable bonds is 2. The SMILES string of the molecule is O=C(Nc1cccc2c1CCNC2)c1ccc(F)cc1F. The Morgan fingerprint density at radius 1 is 1.19 bits per heavy atom. The molecule has 5 heteroatoms. The number of carbonyl (C=O) groups excluding carboxylic acids is 1. The third-order valence-electron chi connectivity index (χ3n) is 3.56. The molecule has 1 aliphatic heterocycles. The molecule has 0 spiro atoms. The summed E-state index contributed by atoms with van der Waals surface area (Å²) in [6, 6.07) is 8.57. The van der Waals surface area contributed by atoms with Crippen LogP contribution in [0.5, 0.6) is 0 Å². The van der Waals surface area contributed by atoms with E-state index in [2.05, 4.69) is 10.6 Å². The van der Waals surface area contributed by atoms with Gasteiger partial charge in [0.2, 0.25) is 0 Å². The molecule has 2 aromatic carbocycles. The van der Waals surface area contributed by atoms with Crippen molar-refractivity contribution < 1.29 is 13.6 Å². The lowest BCUT2D eigenvalue weighted by molar-refractivity contribution is 0.102. The first-order valence-corrected chi connectivity index (χ1v) is 6.73. The molecule has 1 aliphatic rings. The van der Waals surface area contributed by atoms with E-state index in [-0.39, 0.29) is 5.56 Å². The fourth-order valence-electron chi connectivity index (χ4n) is 2.51. The van der Waals surface area contributed by atoms with Gasteiger partial charge in [-0.15, -0.1) is 0 Å². The Kier molecular flexibility index (Phi) is 3.66. The molecule has 108 valence electrons. The minimum absolute atomic E-state index is 0.164. The number of halogens is 2. The average Bonchev–Trinajstić information content (AvgIpc) is 2.47. The number of fused-ring (bicyclic) bond motifs is 1. The van der Waals surface area contributed by atoms with Gasteiger partial charge < -0.3 is 10.6 Å². The van der Waals surface area contributed by atoms with E-state index in [9.17, 15) is 13.6 Å². The van der Waals surface area contributed by atoms with Gasteiger partial charge in [0.15, 0.2) is 0 Å². The van der Waals surface area contributed by atoms with E-state index >= 15 is 0 Å². The van der Waals surface area contributed by atoms with Crippen molar-refractivity contribution in [3.63, 3.8) is 0 Å². The van der Waals surface area contributed by atoms with Gasteiger partial charge in [-0.25, -0.2) is 8.78 Å². The topological polar surface area (TPSA) is 41.1 Å². The first kappa shape index (κ1) is 13.7. The van der Waals surface area contributed by atoms with Crippen LogP contribution in [-0.2, 0) is 13.0 Å². The van der Waals surface area contributed by atoms with Crippen molar-refractivity contribution in [2.45, 2.75) is 13.0 Å². The molecule has 3 nitrogen and oxygen atoms in total. The predicted molar refractivity (Wildman–Crippen MR) is 76.2 cm³/mol. The fraction of sp³-hybridized carbons (Fsp3) is 0.188. The van der Waals surface area contributed by atoms with Crippen molar-refractivity contribution in [1.82, 2.24) is 5.32 Å². The van der Waals surface area contributed by atoms with Crippen LogP contribution in [-0.4, -0.2) is 12.5 Å². The Morgan fingerprint density at radius 3 is 2.86 bits per heavy atom. The maximum Gasteiger partial charge on any atom is 0.258 e. The number of nitrogens with one attached hydrogen (secondary N) is 2. The minimum Gasteiger partial charge on any atom is -0.322 e. The average molecular weight is 288 g/mol. The van der Waals surface area contributed by atoms with Gasteiger partial charge in [0.1, 0.15) is 11.6 Å². The summed E-state index contributed by atoms with van der Waals surface area (Å²) in [6.45, 7) is 1.59. The highest BCUT2D eigenvalue weighted by atomic mass is 19.1. The summed E-state index contributed by atoms with van der Waals surface area (Å²) in [5.74, 6) is -2.13. The highest BCUT2D eigenvalue weighted by Gasteiger charge is 2.17. The van der Waals surface area contributed by atoms with Crippen molar-refractivity contribution in [2.75, 3.05) is 11.9 Å². The lowest BCUT2D eigenvalue weighted by atomic mass is 9.99. The molecule has 3 rings (SSSR count). The quantitative estimate of drug-likeness (QED) is 0.892. The molecular weight excluding hydrogens is 274 g/mol. The van der Waals surface area contributed by atoms with E-state index in [1.165, 1.54) is 0 Å². The fourth-order valence-corrected chi connectivity index (χ4v) is 2.51. The van der Waals surface area contributed by atoms with E-state index in [1.54, 1.807) is 6.07 Å². The Balaban J connectivity index is 1.88. The summed E-state index contributed by atoms with van der Waals surface area (Å²) in [5, 5.41) is 5.97. The minimum atomic E-state index is -0.862. The molecule has 0 unspecified atom stereocenters. The van der Waals surface area contributed by atoms with E-state index in [0.29, 0.717) is 11.8 Å². The first-order valence-electron chi connectivity index (χ1n) is 6.73. The molecule has 0 atom stereocenters. The predicted octanol–water partition coefficient (Wildman–Crippen LogP) is 2.86. The highest BCUT2D eigenvalue weighted by molar-refractivity contribution is 6.04. The second kappa shape index (κ2) is 5.61. The van der Waals surface area contributed by atoms with Crippen molar-refractivity contribution in [3.05, 3.63) is 64.7 Å². The molecule has 1 amide bonds. The smallest absolute Gasteiger partial charge is 0.258 e. The number of hydrogen-bond donors (Lipinski definition) is 2. The molecule has 2 aromatic rings. The lowest BCUT2D eigenvalue weighted by Crippen LogP contribution is -2.25. The van der Waals surface area contributed by atoms with Crippen LogP contribution >= 0.6 is 0 Å². The van der Waals surface area contributed by atoms with Crippen LogP contribution in [0.1, 0.15) is 21.5 Å². The van der Waals surface area contributed by atoms with Gasteiger partial charge in [-0.2, -0.15) is 0 Å². The normalized spacial score (nSPS) is 13.6. The van der Waals surface area contributed by atoms with Crippen molar-refractivity contribution in [3.8, 4) is 0 Å². The van der Waals surface area contributed by atoms with Crippen LogP contribution < -0.4 is 10.6 Å².